The van der Waals surface area contributed by atoms with Gasteiger partial charge in [0.2, 0.25) is 0 Å². The van der Waals surface area contributed by atoms with Gasteiger partial charge in [-0.05, 0) is 49.6 Å². The first-order valence-corrected chi connectivity index (χ1v) is 9.59. The highest BCUT2D eigenvalue weighted by molar-refractivity contribution is 5.61. The third-order valence-corrected chi connectivity index (χ3v) is 5.07. The summed E-state index contributed by atoms with van der Waals surface area (Å²) in [6.07, 6.45) is 3.85. The van der Waals surface area contributed by atoms with Crippen LogP contribution in [0, 0.1) is 6.92 Å². The second kappa shape index (κ2) is 8.20. The van der Waals surface area contributed by atoms with Gasteiger partial charge in [-0.15, -0.1) is 5.10 Å². The van der Waals surface area contributed by atoms with Gasteiger partial charge in [-0.2, -0.15) is 0 Å². The minimum atomic E-state index is -2.57. The Bertz CT molecular complexity index is 993. The van der Waals surface area contributed by atoms with Gasteiger partial charge in [0.1, 0.15) is 17.3 Å². The van der Waals surface area contributed by atoms with Crippen LogP contribution in [0.1, 0.15) is 49.3 Å². The summed E-state index contributed by atoms with van der Waals surface area (Å²) in [6, 6.07) is 6.18. The molecule has 7 nitrogen and oxygen atoms in total. The Hall–Kier alpha value is -2.94. The Kier molecular flexibility index (Phi) is 5.48. The Morgan fingerprint density at radius 1 is 1.14 bits per heavy atom. The second-order valence-electron chi connectivity index (χ2n) is 7.32. The number of hydrogen-bond donors (Lipinski definition) is 2. The molecule has 1 aliphatic rings. The lowest BCUT2D eigenvalue weighted by atomic mass is 9.93. The maximum atomic E-state index is 12.9. The van der Waals surface area contributed by atoms with E-state index in [-0.39, 0.29) is 11.6 Å². The summed E-state index contributed by atoms with van der Waals surface area (Å²) in [6.45, 7) is 1.91. The quantitative estimate of drug-likeness (QED) is 0.667. The summed E-state index contributed by atoms with van der Waals surface area (Å²) >= 11 is 0. The molecule has 3 aromatic heterocycles. The van der Waals surface area contributed by atoms with Gasteiger partial charge < -0.3 is 10.4 Å². The third kappa shape index (κ3) is 4.40. The van der Waals surface area contributed by atoms with E-state index in [4.69, 9.17) is 0 Å². The average molecular weight is 400 g/mol. The van der Waals surface area contributed by atoms with E-state index in [1.807, 2.05) is 13.0 Å². The molecule has 3 aromatic rings. The van der Waals surface area contributed by atoms with Crippen molar-refractivity contribution in [3.63, 3.8) is 0 Å². The highest BCUT2D eigenvalue weighted by atomic mass is 19.3. The molecule has 1 saturated carbocycles. The highest BCUT2D eigenvalue weighted by Crippen LogP contribution is 2.29. The number of pyridine rings is 2. The van der Waals surface area contributed by atoms with Crippen molar-refractivity contribution in [3.05, 3.63) is 47.8 Å². The van der Waals surface area contributed by atoms with Gasteiger partial charge in [-0.25, -0.2) is 23.4 Å². The lowest BCUT2D eigenvalue weighted by Crippen LogP contribution is -2.27. The number of hydrogen-bond acceptors (Lipinski definition) is 6. The van der Waals surface area contributed by atoms with Crippen LogP contribution in [0.4, 0.5) is 20.4 Å². The molecule has 152 valence electrons. The number of aliphatic hydroxyl groups is 1. The smallest absolute Gasteiger partial charge is 0.264 e. The molecule has 4 rings (SSSR count). The number of alkyl halides is 2. The molecule has 0 bridgehead atoms. The normalized spacial score (nSPS) is 19.5. The molecule has 0 aliphatic heterocycles. The molecule has 0 aromatic carbocycles. The van der Waals surface area contributed by atoms with E-state index in [0.29, 0.717) is 23.0 Å². The van der Waals surface area contributed by atoms with Gasteiger partial charge in [0.25, 0.3) is 6.43 Å². The molecule has 0 amide bonds. The van der Waals surface area contributed by atoms with Crippen LogP contribution in [-0.4, -0.2) is 36.2 Å². The number of nitrogens with one attached hydrogen (secondary N) is 1. The van der Waals surface area contributed by atoms with Crippen LogP contribution >= 0.6 is 0 Å². The fraction of sp³-hybridized carbons (Fsp3) is 0.400. The van der Waals surface area contributed by atoms with Crippen molar-refractivity contribution in [1.29, 1.82) is 0 Å². The molecular formula is C20H22F2N6O. The second-order valence-corrected chi connectivity index (χ2v) is 7.32. The minimum absolute atomic E-state index is 0.0753. The van der Waals surface area contributed by atoms with Gasteiger partial charge in [0.15, 0.2) is 0 Å². The first kappa shape index (κ1) is 19.4. The van der Waals surface area contributed by atoms with Crippen molar-refractivity contribution in [2.24, 2.45) is 0 Å². The van der Waals surface area contributed by atoms with Crippen molar-refractivity contribution in [3.8, 4) is 11.4 Å². The number of nitrogens with zero attached hydrogens (tertiary/aromatic N) is 5. The minimum Gasteiger partial charge on any atom is -0.391 e. The van der Waals surface area contributed by atoms with E-state index < -0.39 is 12.5 Å². The van der Waals surface area contributed by atoms with Crippen LogP contribution in [0.5, 0.6) is 0 Å². The third-order valence-electron chi connectivity index (χ3n) is 5.07. The molecule has 29 heavy (non-hydrogen) atoms. The van der Waals surface area contributed by atoms with Crippen LogP contribution in [0.25, 0.3) is 11.4 Å². The van der Waals surface area contributed by atoms with Crippen molar-refractivity contribution in [1.82, 2.24) is 25.0 Å². The standard InChI is InChI=1S/C20H22F2N6O/c1-12-8-14(15-11-28(27-26-15)16-4-2-3-5-17(16)29)24-19(9-12)25-18-10-13(20(21)22)6-7-23-18/h6-11,16-17,20,29H,2-5H2,1H3,(H,23,24,25)/t16-,17-/m0/s1. The van der Waals surface area contributed by atoms with Crippen LogP contribution in [0.3, 0.4) is 0 Å². The van der Waals surface area contributed by atoms with Gasteiger partial charge in [-0.1, -0.05) is 18.1 Å². The van der Waals surface area contributed by atoms with E-state index in [1.54, 1.807) is 16.9 Å². The molecule has 0 spiro atoms. The van der Waals surface area contributed by atoms with Gasteiger partial charge in [0.05, 0.1) is 24.0 Å². The summed E-state index contributed by atoms with van der Waals surface area (Å²) in [5.41, 5.74) is 2.01. The van der Waals surface area contributed by atoms with Gasteiger partial charge >= 0.3 is 0 Å². The Morgan fingerprint density at radius 3 is 2.76 bits per heavy atom. The van der Waals surface area contributed by atoms with Crippen molar-refractivity contribution in [2.75, 3.05) is 5.32 Å². The zero-order chi connectivity index (χ0) is 20.4. The predicted octanol–water partition coefficient (Wildman–Crippen LogP) is 4.20. The number of aryl methyl sites for hydroxylation is 1. The zero-order valence-corrected chi connectivity index (χ0v) is 16.0. The molecule has 3 heterocycles. The van der Waals surface area contributed by atoms with Gasteiger partial charge in [0, 0.05) is 11.8 Å². The number of aliphatic hydroxyl groups excluding tert-OH is 1. The van der Waals surface area contributed by atoms with E-state index >= 15 is 0 Å². The average Bonchev–Trinajstić information content (AvgIpc) is 3.18. The van der Waals surface area contributed by atoms with E-state index in [9.17, 15) is 13.9 Å². The lowest BCUT2D eigenvalue weighted by Gasteiger charge is -2.27. The van der Waals surface area contributed by atoms with Crippen LogP contribution in [-0.2, 0) is 0 Å². The molecule has 1 fully saturated rings. The van der Waals surface area contributed by atoms with E-state index in [1.165, 1.54) is 18.3 Å². The number of anilines is 2. The molecule has 1 aliphatic carbocycles. The van der Waals surface area contributed by atoms with Gasteiger partial charge in [-0.3, -0.25) is 0 Å². The first-order valence-electron chi connectivity index (χ1n) is 9.59. The molecule has 0 radical (unpaired) electrons. The summed E-state index contributed by atoms with van der Waals surface area (Å²) in [5.74, 6) is 0.770. The van der Waals surface area contributed by atoms with E-state index in [2.05, 4.69) is 25.6 Å². The van der Waals surface area contributed by atoms with Crippen LogP contribution < -0.4 is 5.32 Å². The summed E-state index contributed by atoms with van der Waals surface area (Å²) in [5, 5.41) is 21.6. The zero-order valence-electron chi connectivity index (χ0n) is 16.0. The fourth-order valence-electron chi connectivity index (χ4n) is 3.60. The SMILES string of the molecule is Cc1cc(Nc2cc(C(F)F)ccn2)nc(-c2cn([C@H]3CCCC[C@@H]3O)nn2)c1. The summed E-state index contributed by atoms with van der Waals surface area (Å²) in [4.78, 5) is 8.61. The molecule has 9 heteroatoms. The molecule has 0 unspecified atom stereocenters. The number of aromatic nitrogens is 5. The first-order chi connectivity index (χ1) is 14.0. The van der Waals surface area contributed by atoms with E-state index in [0.717, 1.165) is 31.2 Å². The maximum absolute atomic E-state index is 12.9. The Morgan fingerprint density at radius 2 is 1.97 bits per heavy atom. The number of halogens is 2. The molecule has 0 saturated heterocycles. The lowest BCUT2D eigenvalue weighted by molar-refractivity contribution is 0.0685. The topological polar surface area (TPSA) is 88.8 Å². The Labute approximate surface area is 166 Å². The summed E-state index contributed by atoms with van der Waals surface area (Å²) < 4.78 is 27.5. The monoisotopic (exact) mass is 400 g/mol. The molecular weight excluding hydrogens is 378 g/mol. The van der Waals surface area contributed by atoms with Crippen molar-refractivity contribution < 1.29 is 13.9 Å². The number of rotatable bonds is 5. The summed E-state index contributed by atoms with van der Waals surface area (Å²) in [7, 11) is 0. The maximum Gasteiger partial charge on any atom is 0.264 e. The van der Waals surface area contributed by atoms with Crippen molar-refractivity contribution >= 4 is 11.6 Å². The highest BCUT2D eigenvalue weighted by Gasteiger charge is 2.26. The Balaban J connectivity index is 1.58. The van der Waals surface area contributed by atoms with Crippen LogP contribution in [0.15, 0.2) is 36.7 Å². The fourth-order valence-corrected chi connectivity index (χ4v) is 3.60. The molecule has 2 atom stereocenters. The van der Waals surface area contributed by atoms with Crippen LogP contribution in [0.2, 0.25) is 0 Å². The molecule has 2 N–H and O–H groups in total. The largest absolute Gasteiger partial charge is 0.391 e. The predicted molar refractivity (Wildman–Crippen MR) is 104 cm³/mol. The van der Waals surface area contributed by atoms with Crippen molar-refractivity contribution in [2.45, 2.75) is 51.2 Å².